The van der Waals surface area contributed by atoms with E-state index < -0.39 is 36.0 Å². The fourth-order valence-electron chi connectivity index (χ4n) is 2.09. The highest BCUT2D eigenvalue weighted by Gasteiger charge is 2.30. The molecule has 144 valence electrons. The second-order valence-corrected chi connectivity index (χ2v) is 6.04. The van der Waals surface area contributed by atoms with E-state index in [0.717, 1.165) is 6.08 Å². The van der Waals surface area contributed by atoms with Crippen molar-refractivity contribution >= 4 is 5.97 Å². The van der Waals surface area contributed by atoms with Crippen molar-refractivity contribution in [2.24, 2.45) is 0 Å². The van der Waals surface area contributed by atoms with Crippen LogP contribution in [-0.4, -0.2) is 68.1 Å². The van der Waals surface area contributed by atoms with Crippen LogP contribution in [0.1, 0.15) is 13.3 Å². The van der Waals surface area contributed by atoms with Crippen LogP contribution in [0, 0.1) is 0 Å². The van der Waals surface area contributed by atoms with Crippen molar-refractivity contribution in [1.29, 1.82) is 0 Å². The predicted octanol–water partition coefficient (Wildman–Crippen LogP) is -0.0911. The maximum absolute atomic E-state index is 11.2. The van der Waals surface area contributed by atoms with E-state index in [4.69, 9.17) is 9.84 Å². The van der Waals surface area contributed by atoms with Crippen LogP contribution in [0.3, 0.4) is 0 Å². The fraction of sp³-hybridized carbons (Fsp3) is 0.421. The lowest BCUT2D eigenvalue weighted by atomic mass is 9.92. The van der Waals surface area contributed by atoms with Crippen molar-refractivity contribution in [3.8, 4) is 0 Å². The first-order valence-electron chi connectivity index (χ1n) is 8.22. The van der Waals surface area contributed by atoms with E-state index in [9.17, 15) is 25.2 Å². The maximum Gasteiger partial charge on any atom is 0.331 e. The average molecular weight is 366 g/mol. The lowest BCUT2D eigenvalue weighted by Gasteiger charge is -2.28. The lowest BCUT2D eigenvalue weighted by Crippen LogP contribution is -2.40. The molecule has 26 heavy (non-hydrogen) atoms. The van der Waals surface area contributed by atoms with Crippen LogP contribution < -0.4 is 0 Å². The number of aliphatic hydroxyl groups excluding tert-OH is 4. The molecular formula is C19H26O7. The van der Waals surface area contributed by atoms with Crippen LogP contribution in [0.4, 0.5) is 0 Å². The first kappa shape index (κ1) is 22.0. The van der Waals surface area contributed by atoms with Gasteiger partial charge in [-0.05, 0) is 19.1 Å². The van der Waals surface area contributed by atoms with Gasteiger partial charge in [-0.2, -0.15) is 0 Å². The van der Waals surface area contributed by atoms with Crippen LogP contribution in [0.15, 0.2) is 60.8 Å². The quantitative estimate of drug-likeness (QED) is 0.219. The SMILES string of the molecule is CC(O)(C=CC1OC(=O)C=CC1O)C(O)CC(O)C=CC=CC=CCO. The molecule has 1 rings (SSSR count). The van der Waals surface area contributed by atoms with Gasteiger partial charge in [0.05, 0.1) is 18.8 Å². The molecular weight excluding hydrogens is 340 g/mol. The molecule has 0 saturated heterocycles. The summed E-state index contributed by atoms with van der Waals surface area (Å²) in [5.41, 5.74) is -1.69. The molecule has 5 unspecified atom stereocenters. The summed E-state index contributed by atoms with van der Waals surface area (Å²) < 4.78 is 4.90. The first-order valence-corrected chi connectivity index (χ1v) is 8.22. The van der Waals surface area contributed by atoms with Gasteiger partial charge in [-0.15, -0.1) is 0 Å². The van der Waals surface area contributed by atoms with E-state index in [1.54, 1.807) is 30.4 Å². The minimum absolute atomic E-state index is 0.0567. The molecule has 1 heterocycles. The molecule has 0 aromatic carbocycles. The van der Waals surface area contributed by atoms with Crippen molar-refractivity contribution in [3.63, 3.8) is 0 Å². The highest BCUT2D eigenvalue weighted by Crippen LogP contribution is 2.19. The van der Waals surface area contributed by atoms with Crippen molar-refractivity contribution in [1.82, 2.24) is 0 Å². The largest absolute Gasteiger partial charge is 0.452 e. The van der Waals surface area contributed by atoms with E-state index in [2.05, 4.69) is 0 Å². The van der Waals surface area contributed by atoms with Gasteiger partial charge in [0, 0.05) is 12.5 Å². The second-order valence-electron chi connectivity index (χ2n) is 6.04. The minimum atomic E-state index is -1.69. The third-order valence-corrected chi connectivity index (χ3v) is 3.69. The fourth-order valence-corrected chi connectivity index (χ4v) is 2.09. The molecule has 5 N–H and O–H groups in total. The number of allylic oxidation sites excluding steroid dienone is 4. The Bertz CT molecular complexity index is 587. The van der Waals surface area contributed by atoms with Gasteiger partial charge in [0.15, 0.2) is 0 Å². The highest BCUT2D eigenvalue weighted by atomic mass is 16.6. The Labute approximate surface area is 152 Å². The molecule has 0 saturated carbocycles. The van der Waals surface area contributed by atoms with E-state index in [0.29, 0.717) is 0 Å². The summed E-state index contributed by atoms with van der Waals surface area (Å²) >= 11 is 0. The normalized spacial score (nSPS) is 26.0. The number of rotatable bonds is 9. The highest BCUT2D eigenvalue weighted by molar-refractivity contribution is 5.83. The van der Waals surface area contributed by atoms with Gasteiger partial charge in [0.25, 0.3) is 0 Å². The monoisotopic (exact) mass is 366 g/mol. The third kappa shape index (κ3) is 7.90. The van der Waals surface area contributed by atoms with Crippen molar-refractivity contribution in [2.45, 2.75) is 43.4 Å². The number of hydrogen-bond donors (Lipinski definition) is 5. The topological polar surface area (TPSA) is 127 Å². The van der Waals surface area contributed by atoms with Crippen molar-refractivity contribution in [3.05, 3.63) is 60.8 Å². The Morgan fingerprint density at radius 3 is 2.65 bits per heavy atom. The predicted molar refractivity (Wildman–Crippen MR) is 95.9 cm³/mol. The summed E-state index contributed by atoms with van der Waals surface area (Å²) in [6.07, 6.45) is 10.1. The molecule has 0 spiro atoms. The summed E-state index contributed by atoms with van der Waals surface area (Å²) in [5.74, 6) is -0.604. The van der Waals surface area contributed by atoms with Crippen LogP contribution in [0.25, 0.3) is 0 Å². The second kappa shape index (κ2) is 10.8. The summed E-state index contributed by atoms with van der Waals surface area (Å²) in [5, 5.41) is 48.6. The van der Waals surface area contributed by atoms with Crippen LogP contribution in [-0.2, 0) is 9.53 Å². The summed E-state index contributed by atoms with van der Waals surface area (Å²) in [4.78, 5) is 11.2. The molecule has 0 fully saturated rings. The Morgan fingerprint density at radius 2 is 1.96 bits per heavy atom. The number of ether oxygens (including phenoxy) is 1. The maximum atomic E-state index is 11.2. The number of aliphatic hydroxyl groups is 5. The molecule has 7 nitrogen and oxygen atoms in total. The zero-order chi connectivity index (χ0) is 19.6. The molecule has 0 aliphatic carbocycles. The third-order valence-electron chi connectivity index (χ3n) is 3.69. The van der Waals surface area contributed by atoms with E-state index in [1.165, 1.54) is 31.2 Å². The first-order chi connectivity index (χ1) is 12.3. The molecule has 0 aromatic heterocycles. The molecule has 0 amide bonds. The Morgan fingerprint density at radius 1 is 1.27 bits per heavy atom. The Hall–Kier alpha value is -2.03. The van der Waals surface area contributed by atoms with E-state index in [1.807, 2.05) is 0 Å². The molecule has 0 bridgehead atoms. The van der Waals surface area contributed by atoms with Crippen LogP contribution in [0.5, 0.6) is 0 Å². The van der Waals surface area contributed by atoms with Gasteiger partial charge < -0.3 is 30.3 Å². The van der Waals surface area contributed by atoms with Crippen LogP contribution >= 0.6 is 0 Å². The molecule has 1 aliphatic rings. The Balaban J connectivity index is 2.57. The lowest BCUT2D eigenvalue weighted by molar-refractivity contribution is -0.146. The van der Waals surface area contributed by atoms with Gasteiger partial charge in [-0.3, -0.25) is 0 Å². The van der Waals surface area contributed by atoms with E-state index in [-0.39, 0.29) is 13.0 Å². The van der Waals surface area contributed by atoms with E-state index >= 15 is 0 Å². The number of carbonyl (C=O) groups excluding carboxylic acids is 1. The molecule has 7 heteroatoms. The van der Waals surface area contributed by atoms with Gasteiger partial charge >= 0.3 is 5.97 Å². The molecule has 0 radical (unpaired) electrons. The van der Waals surface area contributed by atoms with Crippen molar-refractivity contribution in [2.75, 3.05) is 6.61 Å². The summed E-state index contributed by atoms with van der Waals surface area (Å²) in [6.45, 7) is 1.29. The zero-order valence-corrected chi connectivity index (χ0v) is 14.5. The molecule has 5 atom stereocenters. The van der Waals surface area contributed by atoms with Crippen molar-refractivity contribution < 1.29 is 35.1 Å². The number of esters is 1. The molecule has 0 aromatic rings. The standard InChI is InChI=1S/C19H26O7/c1-19(25,11-10-16-15(22)8-9-18(24)26-16)17(23)13-14(21)7-5-3-2-4-6-12-20/h2-11,14-17,20-23,25H,12-13H2,1H3. The smallest absolute Gasteiger partial charge is 0.331 e. The zero-order valence-electron chi connectivity index (χ0n) is 14.5. The number of cyclic esters (lactones) is 1. The van der Waals surface area contributed by atoms with Gasteiger partial charge in [-0.1, -0.05) is 42.5 Å². The van der Waals surface area contributed by atoms with Gasteiger partial charge in [0.1, 0.15) is 17.8 Å². The van der Waals surface area contributed by atoms with Crippen LogP contribution in [0.2, 0.25) is 0 Å². The summed E-state index contributed by atoms with van der Waals surface area (Å²) in [7, 11) is 0. The molecule has 1 aliphatic heterocycles. The minimum Gasteiger partial charge on any atom is -0.452 e. The average Bonchev–Trinajstić information content (AvgIpc) is 2.58. The Kier molecular flexibility index (Phi) is 9.18. The number of carbonyl (C=O) groups is 1. The van der Waals surface area contributed by atoms with Gasteiger partial charge in [-0.25, -0.2) is 4.79 Å². The summed E-state index contributed by atoms with van der Waals surface area (Å²) in [6, 6.07) is 0. The van der Waals surface area contributed by atoms with Gasteiger partial charge in [0.2, 0.25) is 0 Å². The number of hydrogen-bond acceptors (Lipinski definition) is 7.